The number of imidazole rings is 1. The third-order valence-corrected chi connectivity index (χ3v) is 5.44. The SMILES string of the molecule is Cc1nc(C(C)N(C)C(=O)CCn2c(=O)[nH]c3ccccc32)c(C)s1. The fourth-order valence-corrected chi connectivity index (χ4v) is 3.95. The summed E-state index contributed by atoms with van der Waals surface area (Å²) in [7, 11) is 1.79. The highest BCUT2D eigenvalue weighted by atomic mass is 32.1. The monoisotopic (exact) mass is 358 g/mol. The first-order valence-electron chi connectivity index (χ1n) is 8.25. The van der Waals surface area contributed by atoms with Crippen LogP contribution in [0.3, 0.4) is 0 Å². The number of thiazole rings is 1. The van der Waals surface area contributed by atoms with E-state index in [1.165, 1.54) is 0 Å². The van der Waals surface area contributed by atoms with Crippen LogP contribution in [0.5, 0.6) is 0 Å². The molecule has 0 saturated heterocycles. The lowest BCUT2D eigenvalue weighted by atomic mass is 10.2. The van der Waals surface area contributed by atoms with Gasteiger partial charge in [-0.3, -0.25) is 9.36 Å². The number of hydrogen-bond acceptors (Lipinski definition) is 4. The summed E-state index contributed by atoms with van der Waals surface area (Å²) in [6.07, 6.45) is 0.269. The number of para-hydroxylation sites is 2. The van der Waals surface area contributed by atoms with Crippen LogP contribution in [-0.4, -0.2) is 32.4 Å². The molecule has 0 aliphatic heterocycles. The highest BCUT2D eigenvalue weighted by Crippen LogP contribution is 2.26. The van der Waals surface area contributed by atoms with Crippen molar-refractivity contribution in [2.75, 3.05) is 7.05 Å². The van der Waals surface area contributed by atoms with Crippen molar-refractivity contribution in [1.82, 2.24) is 19.4 Å². The second-order valence-corrected chi connectivity index (χ2v) is 7.61. The second-order valence-electron chi connectivity index (χ2n) is 6.20. The summed E-state index contributed by atoms with van der Waals surface area (Å²) in [5, 5.41) is 1.01. The molecule has 0 saturated carbocycles. The summed E-state index contributed by atoms with van der Waals surface area (Å²) in [4.78, 5) is 34.9. The van der Waals surface area contributed by atoms with Gasteiger partial charge < -0.3 is 9.88 Å². The topological polar surface area (TPSA) is 71.0 Å². The van der Waals surface area contributed by atoms with Crippen molar-refractivity contribution in [3.05, 3.63) is 50.3 Å². The molecule has 0 fully saturated rings. The van der Waals surface area contributed by atoms with Gasteiger partial charge in [0.05, 0.1) is 27.8 Å². The van der Waals surface area contributed by atoms with Gasteiger partial charge in [-0.2, -0.15) is 0 Å². The minimum absolute atomic E-state index is 0.00488. The summed E-state index contributed by atoms with van der Waals surface area (Å²) in [5.74, 6) is -0.00488. The molecule has 7 heteroatoms. The minimum Gasteiger partial charge on any atom is -0.337 e. The van der Waals surface area contributed by atoms with Crippen molar-refractivity contribution in [3.63, 3.8) is 0 Å². The summed E-state index contributed by atoms with van der Waals surface area (Å²) in [5.41, 5.74) is 2.37. The van der Waals surface area contributed by atoms with Crippen LogP contribution in [-0.2, 0) is 11.3 Å². The molecule has 1 N–H and O–H groups in total. The van der Waals surface area contributed by atoms with Gasteiger partial charge >= 0.3 is 5.69 Å². The average molecular weight is 358 g/mol. The number of fused-ring (bicyclic) bond motifs is 1. The van der Waals surface area contributed by atoms with Crippen molar-refractivity contribution in [3.8, 4) is 0 Å². The largest absolute Gasteiger partial charge is 0.337 e. The lowest BCUT2D eigenvalue weighted by Crippen LogP contribution is -2.31. The molecule has 1 aromatic carbocycles. The third-order valence-electron chi connectivity index (χ3n) is 4.54. The lowest BCUT2D eigenvalue weighted by molar-refractivity contribution is -0.132. The first-order chi connectivity index (χ1) is 11.9. The lowest BCUT2D eigenvalue weighted by Gasteiger charge is -2.24. The fourth-order valence-electron chi connectivity index (χ4n) is 3.04. The summed E-state index contributed by atoms with van der Waals surface area (Å²) < 4.78 is 1.62. The van der Waals surface area contributed by atoms with Gasteiger partial charge in [-0.15, -0.1) is 11.3 Å². The Kier molecular flexibility index (Phi) is 4.76. The predicted octanol–water partition coefficient (Wildman–Crippen LogP) is 3.01. The zero-order chi connectivity index (χ0) is 18.1. The average Bonchev–Trinajstić information content (AvgIpc) is 3.09. The van der Waals surface area contributed by atoms with E-state index in [2.05, 4.69) is 9.97 Å². The van der Waals surface area contributed by atoms with E-state index in [0.717, 1.165) is 26.6 Å². The predicted molar refractivity (Wildman–Crippen MR) is 99.9 cm³/mol. The van der Waals surface area contributed by atoms with Crippen LogP contribution < -0.4 is 5.69 Å². The van der Waals surface area contributed by atoms with Crippen LogP contribution in [0.15, 0.2) is 29.1 Å². The Morgan fingerprint density at radius 3 is 2.76 bits per heavy atom. The van der Waals surface area contributed by atoms with Gasteiger partial charge in [0.1, 0.15) is 0 Å². The number of nitrogens with zero attached hydrogens (tertiary/aromatic N) is 3. The number of aromatic nitrogens is 3. The highest BCUT2D eigenvalue weighted by Gasteiger charge is 2.21. The zero-order valence-corrected chi connectivity index (χ0v) is 15.7. The number of amides is 1. The molecule has 0 aliphatic rings. The number of hydrogen-bond donors (Lipinski definition) is 1. The Bertz CT molecular complexity index is 969. The maximum absolute atomic E-state index is 12.6. The Labute approximate surface area is 150 Å². The van der Waals surface area contributed by atoms with Crippen LogP contribution in [0, 0.1) is 13.8 Å². The van der Waals surface area contributed by atoms with E-state index < -0.39 is 0 Å². The quantitative estimate of drug-likeness (QED) is 0.762. The van der Waals surface area contributed by atoms with E-state index in [-0.39, 0.29) is 24.1 Å². The molecule has 0 spiro atoms. The number of carbonyl (C=O) groups is 1. The van der Waals surface area contributed by atoms with Gasteiger partial charge in [0.25, 0.3) is 0 Å². The van der Waals surface area contributed by atoms with Crippen LogP contribution in [0.1, 0.15) is 35.0 Å². The van der Waals surface area contributed by atoms with E-state index >= 15 is 0 Å². The molecule has 6 nitrogen and oxygen atoms in total. The number of benzene rings is 1. The van der Waals surface area contributed by atoms with E-state index in [4.69, 9.17) is 0 Å². The fraction of sp³-hybridized carbons (Fsp3) is 0.389. The Morgan fingerprint density at radius 2 is 2.08 bits per heavy atom. The standard InChI is InChI=1S/C18H22N4O2S/c1-11(17-12(2)25-13(3)19-17)21(4)16(23)9-10-22-15-8-6-5-7-14(15)20-18(22)24/h5-8,11H,9-10H2,1-4H3,(H,20,24). The molecule has 1 amide bonds. The van der Waals surface area contributed by atoms with E-state index in [9.17, 15) is 9.59 Å². The van der Waals surface area contributed by atoms with Gasteiger partial charge in [0.15, 0.2) is 0 Å². The molecule has 0 aliphatic carbocycles. The number of H-pyrrole nitrogens is 1. The molecule has 3 rings (SSSR count). The first kappa shape index (κ1) is 17.4. The van der Waals surface area contributed by atoms with Crippen LogP contribution in [0.4, 0.5) is 0 Å². The van der Waals surface area contributed by atoms with Crippen LogP contribution in [0.25, 0.3) is 11.0 Å². The number of rotatable bonds is 5. The molecular formula is C18H22N4O2S. The van der Waals surface area contributed by atoms with E-state index in [1.807, 2.05) is 45.0 Å². The summed E-state index contributed by atoms with van der Waals surface area (Å²) in [6, 6.07) is 7.41. The Hall–Kier alpha value is -2.41. The Balaban J connectivity index is 1.72. The van der Waals surface area contributed by atoms with Crippen molar-refractivity contribution in [2.24, 2.45) is 0 Å². The summed E-state index contributed by atoms with van der Waals surface area (Å²) >= 11 is 1.64. The molecule has 132 valence electrons. The number of nitrogens with one attached hydrogen (secondary N) is 1. The number of carbonyl (C=O) groups excluding carboxylic acids is 1. The molecule has 25 heavy (non-hydrogen) atoms. The van der Waals surface area contributed by atoms with E-state index in [0.29, 0.717) is 6.54 Å². The summed E-state index contributed by atoms with van der Waals surface area (Å²) in [6.45, 7) is 6.34. The van der Waals surface area contributed by atoms with Crippen molar-refractivity contribution in [2.45, 2.75) is 39.8 Å². The normalized spacial score (nSPS) is 12.5. The van der Waals surface area contributed by atoms with Gasteiger partial charge in [-0.25, -0.2) is 9.78 Å². The molecule has 0 bridgehead atoms. The van der Waals surface area contributed by atoms with Crippen molar-refractivity contribution in [1.29, 1.82) is 0 Å². The van der Waals surface area contributed by atoms with Gasteiger partial charge in [0.2, 0.25) is 5.91 Å². The molecule has 2 heterocycles. The minimum atomic E-state index is -0.185. The maximum atomic E-state index is 12.6. The van der Waals surface area contributed by atoms with Gasteiger partial charge in [-0.1, -0.05) is 12.1 Å². The smallest absolute Gasteiger partial charge is 0.326 e. The molecule has 0 radical (unpaired) electrons. The van der Waals surface area contributed by atoms with E-state index in [1.54, 1.807) is 27.9 Å². The molecular weight excluding hydrogens is 336 g/mol. The number of aromatic amines is 1. The van der Waals surface area contributed by atoms with Crippen LogP contribution >= 0.6 is 11.3 Å². The van der Waals surface area contributed by atoms with Crippen molar-refractivity contribution >= 4 is 28.3 Å². The maximum Gasteiger partial charge on any atom is 0.326 e. The zero-order valence-electron chi connectivity index (χ0n) is 14.9. The molecule has 3 aromatic rings. The number of aryl methyl sites for hydroxylation is 3. The van der Waals surface area contributed by atoms with Gasteiger partial charge in [0, 0.05) is 24.9 Å². The first-order valence-corrected chi connectivity index (χ1v) is 9.07. The molecule has 1 unspecified atom stereocenters. The second kappa shape index (κ2) is 6.84. The third kappa shape index (κ3) is 3.37. The van der Waals surface area contributed by atoms with Crippen LogP contribution in [0.2, 0.25) is 0 Å². The Morgan fingerprint density at radius 1 is 1.36 bits per heavy atom. The van der Waals surface area contributed by atoms with Gasteiger partial charge in [-0.05, 0) is 32.9 Å². The molecule has 1 atom stereocenters. The molecule has 2 aromatic heterocycles. The highest BCUT2D eigenvalue weighted by molar-refractivity contribution is 7.11. The van der Waals surface area contributed by atoms with Crippen molar-refractivity contribution < 1.29 is 4.79 Å².